The first-order chi connectivity index (χ1) is 9.22. The molecule has 1 aromatic carbocycles. The maximum Gasteiger partial charge on any atom is 0.236 e. The third-order valence-electron chi connectivity index (χ3n) is 2.64. The molecule has 0 radical (unpaired) electrons. The Morgan fingerprint density at radius 1 is 1.37 bits per heavy atom. The Bertz CT molecular complexity index is 513. The number of methoxy groups -OCH3 is 1. The third kappa shape index (κ3) is 3.71. The van der Waals surface area contributed by atoms with E-state index in [0.29, 0.717) is 29.3 Å². The summed E-state index contributed by atoms with van der Waals surface area (Å²) in [6.45, 7) is 2.72. The Morgan fingerprint density at radius 3 is 2.74 bits per heavy atom. The van der Waals surface area contributed by atoms with Gasteiger partial charge in [0.1, 0.15) is 5.75 Å². The van der Waals surface area contributed by atoms with E-state index >= 15 is 0 Å². The molecule has 0 aliphatic rings. The standard InChI is InChI=1S/C13H17N3O2S/c1-9(7-14)19-8-12-15-13(16-18-12)10-3-5-11(17-2)6-4-10/h3-6,9H,7-8,14H2,1-2H3. The Labute approximate surface area is 116 Å². The molecule has 0 spiro atoms. The molecule has 5 nitrogen and oxygen atoms in total. The second-order valence-electron chi connectivity index (χ2n) is 4.10. The number of aromatic nitrogens is 2. The Morgan fingerprint density at radius 2 is 2.11 bits per heavy atom. The Balaban J connectivity index is 2.03. The van der Waals surface area contributed by atoms with Crippen LogP contribution >= 0.6 is 11.8 Å². The van der Waals surface area contributed by atoms with Crippen molar-refractivity contribution in [1.82, 2.24) is 10.1 Å². The number of benzene rings is 1. The van der Waals surface area contributed by atoms with Crippen molar-refractivity contribution in [3.8, 4) is 17.1 Å². The highest BCUT2D eigenvalue weighted by Crippen LogP contribution is 2.21. The van der Waals surface area contributed by atoms with Gasteiger partial charge in [0.05, 0.1) is 12.9 Å². The SMILES string of the molecule is COc1ccc(-c2noc(CSC(C)CN)n2)cc1. The van der Waals surface area contributed by atoms with Crippen LogP contribution in [0, 0.1) is 0 Å². The zero-order valence-corrected chi connectivity index (χ0v) is 11.8. The number of hydrogen-bond donors (Lipinski definition) is 1. The molecule has 2 aromatic rings. The minimum absolute atomic E-state index is 0.385. The highest BCUT2D eigenvalue weighted by molar-refractivity contribution is 7.99. The minimum atomic E-state index is 0.385. The molecule has 0 aliphatic heterocycles. The van der Waals surface area contributed by atoms with E-state index in [-0.39, 0.29) is 0 Å². The average Bonchev–Trinajstić information content (AvgIpc) is 2.93. The lowest BCUT2D eigenvalue weighted by Crippen LogP contribution is -2.12. The molecule has 19 heavy (non-hydrogen) atoms. The molecule has 2 rings (SSSR count). The van der Waals surface area contributed by atoms with Crippen molar-refractivity contribution in [3.05, 3.63) is 30.2 Å². The van der Waals surface area contributed by atoms with E-state index in [1.807, 2.05) is 24.3 Å². The van der Waals surface area contributed by atoms with Crippen molar-refractivity contribution in [2.75, 3.05) is 13.7 Å². The molecule has 0 aliphatic carbocycles. The molecule has 1 unspecified atom stereocenters. The summed E-state index contributed by atoms with van der Waals surface area (Å²) in [5.41, 5.74) is 6.47. The van der Waals surface area contributed by atoms with Crippen LogP contribution in [0.2, 0.25) is 0 Å². The van der Waals surface area contributed by atoms with Crippen molar-refractivity contribution in [2.45, 2.75) is 17.9 Å². The molecular formula is C13H17N3O2S. The van der Waals surface area contributed by atoms with Crippen molar-refractivity contribution >= 4 is 11.8 Å². The fraction of sp³-hybridized carbons (Fsp3) is 0.385. The highest BCUT2D eigenvalue weighted by atomic mass is 32.2. The number of nitrogens with zero attached hydrogens (tertiary/aromatic N) is 2. The molecule has 102 valence electrons. The van der Waals surface area contributed by atoms with Crippen LogP contribution in [0.4, 0.5) is 0 Å². The van der Waals surface area contributed by atoms with Gasteiger partial charge in [-0.05, 0) is 24.3 Å². The summed E-state index contributed by atoms with van der Waals surface area (Å²) in [6.07, 6.45) is 0. The molecule has 0 saturated heterocycles. The number of hydrogen-bond acceptors (Lipinski definition) is 6. The molecule has 1 aromatic heterocycles. The van der Waals surface area contributed by atoms with Gasteiger partial charge < -0.3 is 15.0 Å². The van der Waals surface area contributed by atoms with Crippen LogP contribution in [0.25, 0.3) is 11.4 Å². The predicted molar refractivity (Wildman–Crippen MR) is 76.1 cm³/mol. The van der Waals surface area contributed by atoms with Gasteiger partial charge in [0.25, 0.3) is 0 Å². The monoisotopic (exact) mass is 279 g/mol. The molecule has 1 atom stereocenters. The van der Waals surface area contributed by atoms with E-state index in [4.69, 9.17) is 15.0 Å². The van der Waals surface area contributed by atoms with Crippen LogP contribution in [-0.2, 0) is 5.75 Å². The van der Waals surface area contributed by atoms with Gasteiger partial charge in [-0.15, -0.1) is 11.8 Å². The normalized spacial score (nSPS) is 12.4. The van der Waals surface area contributed by atoms with Crippen LogP contribution in [0.15, 0.2) is 28.8 Å². The van der Waals surface area contributed by atoms with E-state index in [1.54, 1.807) is 18.9 Å². The molecule has 2 N–H and O–H groups in total. The first-order valence-electron chi connectivity index (χ1n) is 6.01. The Kier molecular flexibility index (Phi) is 4.81. The van der Waals surface area contributed by atoms with Gasteiger partial charge in [-0.1, -0.05) is 12.1 Å². The van der Waals surface area contributed by atoms with Gasteiger partial charge in [0, 0.05) is 17.4 Å². The van der Waals surface area contributed by atoms with Crippen LogP contribution in [0.3, 0.4) is 0 Å². The summed E-state index contributed by atoms with van der Waals surface area (Å²) in [4.78, 5) is 4.36. The second-order valence-corrected chi connectivity index (χ2v) is 5.52. The second kappa shape index (κ2) is 6.58. The van der Waals surface area contributed by atoms with Crippen LogP contribution in [0.1, 0.15) is 12.8 Å². The summed E-state index contributed by atoms with van der Waals surface area (Å²) in [5.74, 6) is 2.70. The van der Waals surface area contributed by atoms with Crippen molar-refractivity contribution in [2.24, 2.45) is 5.73 Å². The molecule has 0 amide bonds. The average molecular weight is 279 g/mol. The number of rotatable bonds is 6. The maximum absolute atomic E-state index is 5.56. The molecule has 0 fully saturated rings. The summed E-state index contributed by atoms with van der Waals surface area (Å²) < 4.78 is 10.3. The zero-order chi connectivity index (χ0) is 13.7. The van der Waals surface area contributed by atoms with Gasteiger partial charge in [-0.2, -0.15) is 4.98 Å². The van der Waals surface area contributed by atoms with Crippen molar-refractivity contribution in [1.29, 1.82) is 0 Å². The lowest BCUT2D eigenvalue weighted by atomic mass is 10.2. The van der Waals surface area contributed by atoms with E-state index in [9.17, 15) is 0 Å². The maximum atomic E-state index is 5.56. The molecule has 6 heteroatoms. The molecular weight excluding hydrogens is 262 g/mol. The summed E-state index contributed by atoms with van der Waals surface area (Å²) in [7, 11) is 1.64. The summed E-state index contributed by atoms with van der Waals surface area (Å²) in [6, 6.07) is 7.56. The van der Waals surface area contributed by atoms with Crippen molar-refractivity contribution < 1.29 is 9.26 Å². The highest BCUT2D eigenvalue weighted by Gasteiger charge is 2.10. The number of thioether (sulfide) groups is 1. The largest absolute Gasteiger partial charge is 0.497 e. The van der Waals surface area contributed by atoms with E-state index in [1.165, 1.54) is 0 Å². The van der Waals surface area contributed by atoms with E-state index in [0.717, 1.165) is 11.3 Å². The minimum Gasteiger partial charge on any atom is -0.497 e. The molecule has 0 bridgehead atoms. The first kappa shape index (κ1) is 13.9. The van der Waals surface area contributed by atoms with Gasteiger partial charge in [-0.3, -0.25) is 0 Å². The fourth-order valence-corrected chi connectivity index (χ4v) is 2.13. The number of ether oxygens (including phenoxy) is 1. The van der Waals surface area contributed by atoms with E-state index < -0.39 is 0 Å². The Hall–Kier alpha value is -1.53. The quantitative estimate of drug-likeness (QED) is 0.874. The van der Waals surface area contributed by atoms with Gasteiger partial charge >= 0.3 is 0 Å². The van der Waals surface area contributed by atoms with Crippen LogP contribution in [-0.4, -0.2) is 29.0 Å². The zero-order valence-electron chi connectivity index (χ0n) is 11.0. The molecule has 0 saturated carbocycles. The first-order valence-corrected chi connectivity index (χ1v) is 7.06. The fourth-order valence-electron chi connectivity index (χ4n) is 1.45. The van der Waals surface area contributed by atoms with Gasteiger partial charge in [0.15, 0.2) is 0 Å². The third-order valence-corrected chi connectivity index (χ3v) is 3.81. The van der Waals surface area contributed by atoms with Gasteiger partial charge in [-0.25, -0.2) is 0 Å². The topological polar surface area (TPSA) is 74.2 Å². The lowest BCUT2D eigenvalue weighted by Gasteiger charge is -2.04. The summed E-state index contributed by atoms with van der Waals surface area (Å²) in [5, 5.41) is 4.36. The predicted octanol–water partition coefficient (Wildman–Crippen LogP) is 2.33. The summed E-state index contributed by atoms with van der Waals surface area (Å²) >= 11 is 1.70. The van der Waals surface area contributed by atoms with Crippen LogP contribution in [0.5, 0.6) is 5.75 Å². The molecule has 1 heterocycles. The van der Waals surface area contributed by atoms with Gasteiger partial charge in [0.2, 0.25) is 11.7 Å². The number of nitrogens with two attached hydrogens (primary N) is 1. The van der Waals surface area contributed by atoms with Crippen LogP contribution < -0.4 is 10.5 Å². The van der Waals surface area contributed by atoms with E-state index in [2.05, 4.69) is 17.1 Å². The smallest absolute Gasteiger partial charge is 0.236 e. The van der Waals surface area contributed by atoms with Crippen molar-refractivity contribution in [3.63, 3.8) is 0 Å². The lowest BCUT2D eigenvalue weighted by molar-refractivity contribution is 0.391.